The molecule has 2 N–H and O–H groups in total. The lowest BCUT2D eigenvalue weighted by atomic mass is 10.2. The Bertz CT molecular complexity index is 597. The van der Waals surface area contributed by atoms with E-state index >= 15 is 0 Å². The van der Waals surface area contributed by atoms with Gasteiger partial charge in [0.2, 0.25) is 0 Å². The quantitative estimate of drug-likeness (QED) is 0.883. The molecule has 1 aromatic heterocycles. The summed E-state index contributed by atoms with van der Waals surface area (Å²) in [4.78, 5) is 11.3. The zero-order valence-corrected chi connectivity index (χ0v) is 11.7. The highest BCUT2D eigenvalue weighted by Gasteiger charge is 2.11. The van der Waals surface area contributed by atoms with Crippen LogP contribution in [0.25, 0.3) is 0 Å². The first kappa shape index (κ1) is 13.7. The van der Waals surface area contributed by atoms with E-state index in [0.717, 1.165) is 11.3 Å². The molecular formula is C13H12ClNO3S. The Labute approximate surface area is 119 Å². The summed E-state index contributed by atoms with van der Waals surface area (Å²) in [6, 6.07) is 7.12. The molecule has 0 amide bonds. The number of ether oxygens (including phenoxy) is 1. The molecule has 1 heterocycles. The fourth-order valence-corrected chi connectivity index (χ4v) is 2.59. The van der Waals surface area contributed by atoms with Crippen molar-refractivity contribution in [3.05, 3.63) is 45.1 Å². The highest BCUT2D eigenvalue weighted by atomic mass is 35.5. The number of carboxylic acid groups (broad SMARTS) is 1. The predicted octanol–water partition coefficient (Wildman–Crippen LogP) is 3.72. The molecule has 0 unspecified atom stereocenters. The monoisotopic (exact) mass is 297 g/mol. The third-order valence-corrected chi connectivity index (χ3v) is 3.83. The molecule has 2 aromatic rings. The van der Waals surface area contributed by atoms with Crippen molar-refractivity contribution in [2.45, 2.75) is 6.54 Å². The van der Waals surface area contributed by atoms with Crippen LogP contribution in [0.5, 0.6) is 5.75 Å². The first-order valence-electron chi connectivity index (χ1n) is 5.49. The van der Waals surface area contributed by atoms with E-state index < -0.39 is 5.97 Å². The van der Waals surface area contributed by atoms with Crippen LogP contribution in [-0.4, -0.2) is 18.2 Å². The Morgan fingerprint density at radius 2 is 2.26 bits per heavy atom. The Hall–Kier alpha value is -1.72. The molecule has 0 fully saturated rings. The van der Waals surface area contributed by atoms with Gasteiger partial charge in [0, 0.05) is 18.3 Å². The number of hydrogen-bond donors (Lipinski definition) is 2. The molecule has 2 rings (SSSR count). The minimum Gasteiger partial charge on any atom is -0.495 e. The Morgan fingerprint density at radius 3 is 2.95 bits per heavy atom. The maximum Gasteiger partial charge on any atom is 0.346 e. The average Bonchev–Trinajstić information content (AvgIpc) is 2.86. The smallest absolute Gasteiger partial charge is 0.346 e. The van der Waals surface area contributed by atoms with Crippen LogP contribution in [0, 0.1) is 0 Å². The van der Waals surface area contributed by atoms with E-state index in [4.69, 9.17) is 21.4 Å². The number of thiophene rings is 1. The summed E-state index contributed by atoms with van der Waals surface area (Å²) in [5, 5.41) is 14.5. The number of halogens is 1. The second kappa shape index (κ2) is 5.95. The Kier molecular flexibility index (Phi) is 4.29. The van der Waals surface area contributed by atoms with Crippen LogP contribution in [-0.2, 0) is 6.54 Å². The number of methoxy groups -OCH3 is 1. The van der Waals surface area contributed by atoms with Crippen LogP contribution < -0.4 is 10.1 Å². The fourth-order valence-electron chi connectivity index (χ4n) is 1.63. The molecule has 0 saturated heterocycles. The summed E-state index contributed by atoms with van der Waals surface area (Å²) in [7, 11) is 1.55. The molecule has 100 valence electrons. The van der Waals surface area contributed by atoms with E-state index in [9.17, 15) is 4.79 Å². The van der Waals surface area contributed by atoms with Crippen molar-refractivity contribution < 1.29 is 14.6 Å². The third-order valence-electron chi connectivity index (χ3n) is 2.58. The fraction of sp³-hybridized carbons (Fsp3) is 0.154. The molecule has 6 heteroatoms. The zero-order valence-electron chi connectivity index (χ0n) is 10.1. The van der Waals surface area contributed by atoms with Gasteiger partial charge < -0.3 is 15.2 Å². The number of carbonyl (C=O) groups is 1. The number of rotatable bonds is 5. The molecule has 0 aliphatic rings. The normalized spacial score (nSPS) is 10.2. The predicted molar refractivity (Wildman–Crippen MR) is 76.6 cm³/mol. The molecule has 0 atom stereocenters. The third kappa shape index (κ3) is 3.19. The molecule has 0 saturated carbocycles. The summed E-state index contributed by atoms with van der Waals surface area (Å²) in [6.45, 7) is 0.440. The van der Waals surface area contributed by atoms with Crippen LogP contribution in [0.2, 0.25) is 5.02 Å². The number of aromatic carboxylic acids is 1. The molecule has 19 heavy (non-hydrogen) atoms. The van der Waals surface area contributed by atoms with Crippen molar-refractivity contribution in [1.82, 2.24) is 0 Å². The molecule has 0 bridgehead atoms. The zero-order chi connectivity index (χ0) is 13.8. The molecule has 0 aliphatic heterocycles. The maximum atomic E-state index is 11.0. The minimum absolute atomic E-state index is 0.355. The van der Waals surface area contributed by atoms with Gasteiger partial charge >= 0.3 is 5.97 Å². The summed E-state index contributed by atoms with van der Waals surface area (Å²) in [5.74, 6) is -0.323. The lowest BCUT2D eigenvalue weighted by molar-refractivity contribution is 0.0701. The van der Waals surface area contributed by atoms with Crippen LogP contribution in [0.1, 0.15) is 15.2 Å². The van der Waals surface area contributed by atoms with Gasteiger partial charge in [0.05, 0.1) is 12.1 Å². The second-order valence-corrected chi connectivity index (χ2v) is 5.11. The van der Waals surface area contributed by atoms with Gasteiger partial charge in [-0.3, -0.25) is 0 Å². The van der Waals surface area contributed by atoms with E-state index in [-0.39, 0.29) is 0 Å². The van der Waals surface area contributed by atoms with Crippen LogP contribution in [0.15, 0.2) is 29.6 Å². The minimum atomic E-state index is -0.902. The van der Waals surface area contributed by atoms with Crippen LogP contribution in [0.3, 0.4) is 0 Å². The summed E-state index contributed by atoms with van der Waals surface area (Å²) >= 11 is 7.15. The second-order valence-electron chi connectivity index (χ2n) is 3.78. The Balaban J connectivity index is 2.10. The van der Waals surface area contributed by atoms with Gasteiger partial charge in [-0.15, -0.1) is 11.3 Å². The van der Waals surface area contributed by atoms with Gasteiger partial charge in [-0.05, 0) is 29.1 Å². The van der Waals surface area contributed by atoms with Crippen molar-refractivity contribution in [1.29, 1.82) is 0 Å². The van der Waals surface area contributed by atoms with Crippen molar-refractivity contribution in [3.8, 4) is 5.75 Å². The largest absolute Gasteiger partial charge is 0.495 e. The number of anilines is 1. The molecular weight excluding hydrogens is 286 g/mol. The number of hydrogen-bond acceptors (Lipinski definition) is 4. The van der Waals surface area contributed by atoms with Gasteiger partial charge in [0.15, 0.2) is 0 Å². The first-order valence-corrected chi connectivity index (χ1v) is 6.74. The molecule has 0 spiro atoms. The van der Waals surface area contributed by atoms with E-state index in [0.29, 0.717) is 22.2 Å². The van der Waals surface area contributed by atoms with Gasteiger partial charge in [-0.2, -0.15) is 0 Å². The van der Waals surface area contributed by atoms with Gasteiger partial charge in [-0.1, -0.05) is 11.6 Å². The maximum absolute atomic E-state index is 11.0. The van der Waals surface area contributed by atoms with Gasteiger partial charge in [0.25, 0.3) is 0 Å². The van der Waals surface area contributed by atoms with E-state index in [1.54, 1.807) is 30.7 Å². The van der Waals surface area contributed by atoms with E-state index in [1.807, 2.05) is 6.07 Å². The molecule has 0 radical (unpaired) electrons. The van der Waals surface area contributed by atoms with Crippen molar-refractivity contribution in [3.63, 3.8) is 0 Å². The topological polar surface area (TPSA) is 58.6 Å². The van der Waals surface area contributed by atoms with Crippen LogP contribution in [0.4, 0.5) is 5.69 Å². The lowest BCUT2D eigenvalue weighted by Crippen LogP contribution is -2.04. The molecule has 1 aromatic carbocycles. The highest BCUT2D eigenvalue weighted by Crippen LogP contribution is 2.28. The molecule has 4 nitrogen and oxygen atoms in total. The Morgan fingerprint density at radius 1 is 1.47 bits per heavy atom. The lowest BCUT2D eigenvalue weighted by Gasteiger charge is -2.09. The number of carboxylic acids is 1. The van der Waals surface area contributed by atoms with Crippen molar-refractivity contribution in [2.24, 2.45) is 0 Å². The van der Waals surface area contributed by atoms with E-state index in [2.05, 4.69) is 5.32 Å². The van der Waals surface area contributed by atoms with Gasteiger partial charge in [0.1, 0.15) is 10.6 Å². The SMILES string of the molecule is COc1cc(NCc2ccsc2C(=O)O)ccc1Cl. The number of nitrogens with one attached hydrogen (secondary N) is 1. The highest BCUT2D eigenvalue weighted by molar-refractivity contribution is 7.12. The summed E-state index contributed by atoms with van der Waals surface area (Å²) < 4.78 is 5.12. The van der Waals surface area contributed by atoms with Gasteiger partial charge in [-0.25, -0.2) is 4.79 Å². The number of benzene rings is 1. The first-order chi connectivity index (χ1) is 9.11. The van der Waals surface area contributed by atoms with E-state index in [1.165, 1.54) is 11.3 Å². The standard InChI is InChI=1S/C13H12ClNO3S/c1-18-11-6-9(2-3-10(11)14)15-7-8-4-5-19-12(8)13(16)17/h2-6,15H,7H2,1H3,(H,16,17). The van der Waals surface area contributed by atoms with Crippen molar-refractivity contribution >= 4 is 34.6 Å². The molecule has 0 aliphatic carbocycles. The summed E-state index contributed by atoms with van der Waals surface area (Å²) in [6.07, 6.45) is 0. The average molecular weight is 298 g/mol. The summed E-state index contributed by atoms with van der Waals surface area (Å²) in [5.41, 5.74) is 1.58. The van der Waals surface area contributed by atoms with Crippen LogP contribution >= 0.6 is 22.9 Å². The van der Waals surface area contributed by atoms with Crippen molar-refractivity contribution in [2.75, 3.05) is 12.4 Å².